The number of aliphatic hydroxyl groups is 1. The zero-order chi connectivity index (χ0) is 24.5. The molecular formula is C23H29N5O6. The highest BCUT2D eigenvalue weighted by Gasteiger charge is 2.19. The van der Waals surface area contributed by atoms with E-state index in [1.807, 2.05) is 12.1 Å². The molecule has 0 aliphatic carbocycles. The van der Waals surface area contributed by atoms with Gasteiger partial charge in [0.1, 0.15) is 0 Å². The second kappa shape index (κ2) is 12.0. The number of carbonyl (C=O) groups is 2. The number of piperazine rings is 1. The van der Waals surface area contributed by atoms with Crippen molar-refractivity contribution in [2.24, 2.45) is 0 Å². The maximum Gasteiger partial charge on any atom is 0.341 e. The molecule has 1 amide bonds. The summed E-state index contributed by atoms with van der Waals surface area (Å²) in [5.41, 5.74) is 1.52. The van der Waals surface area contributed by atoms with Gasteiger partial charge in [-0.05, 0) is 36.9 Å². The van der Waals surface area contributed by atoms with Crippen molar-refractivity contribution < 1.29 is 24.4 Å². The summed E-state index contributed by atoms with van der Waals surface area (Å²) in [6, 6.07) is 11.1. The lowest BCUT2D eigenvalue weighted by Gasteiger charge is -2.35. The van der Waals surface area contributed by atoms with E-state index in [2.05, 4.69) is 27.4 Å². The molecule has 1 heterocycles. The minimum absolute atomic E-state index is 0.0945. The third-order valence-electron chi connectivity index (χ3n) is 5.53. The molecule has 0 saturated carbocycles. The number of ether oxygens (including phenoxy) is 1. The number of non-ortho nitro benzene ring substituents is 1. The van der Waals surface area contributed by atoms with E-state index in [4.69, 9.17) is 9.84 Å². The normalized spacial score (nSPS) is 13.9. The van der Waals surface area contributed by atoms with Crippen molar-refractivity contribution in [2.45, 2.75) is 6.92 Å². The van der Waals surface area contributed by atoms with Crippen LogP contribution in [-0.4, -0.2) is 79.3 Å². The quantitative estimate of drug-likeness (QED) is 0.270. The van der Waals surface area contributed by atoms with Crippen LogP contribution in [-0.2, 0) is 9.53 Å². The monoisotopic (exact) mass is 471 g/mol. The maximum atomic E-state index is 12.5. The van der Waals surface area contributed by atoms with E-state index in [9.17, 15) is 19.7 Å². The highest BCUT2D eigenvalue weighted by Crippen LogP contribution is 2.23. The average molecular weight is 472 g/mol. The Morgan fingerprint density at radius 2 is 1.82 bits per heavy atom. The number of hydrogen-bond donors (Lipinski definition) is 3. The Morgan fingerprint density at radius 3 is 2.44 bits per heavy atom. The van der Waals surface area contributed by atoms with E-state index in [1.165, 1.54) is 12.1 Å². The molecule has 0 bridgehead atoms. The van der Waals surface area contributed by atoms with Gasteiger partial charge in [0.05, 0.1) is 17.1 Å². The molecule has 0 unspecified atom stereocenters. The third-order valence-corrected chi connectivity index (χ3v) is 5.53. The first kappa shape index (κ1) is 24.9. The van der Waals surface area contributed by atoms with Crippen LogP contribution < -0.4 is 15.5 Å². The fraction of sp³-hybridized carbons (Fsp3) is 0.391. The molecule has 1 aliphatic heterocycles. The van der Waals surface area contributed by atoms with E-state index >= 15 is 0 Å². The molecule has 3 N–H and O–H groups in total. The number of amides is 1. The SMILES string of the molecule is CCN1CCN(c2ccc(NC(=O)COC(=O)c3cc([N+](=O)[O-])ccc3NCCO)cc2)CC1. The first-order chi connectivity index (χ1) is 16.4. The number of aliphatic hydroxyl groups excluding tert-OH is 1. The smallest absolute Gasteiger partial charge is 0.341 e. The average Bonchev–Trinajstić information content (AvgIpc) is 2.86. The van der Waals surface area contributed by atoms with Crippen molar-refractivity contribution in [3.05, 3.63) is 58.1 Å². The van der Waals surface area contributed by atoms with Gasteiger partial charge in [-0.2, -0.15) is 0 Å². The Kier molecular flexibility index (Phi) is 8.77. The first-order valence-electron chi connectivity index (χ1n) is 11.1. The lowest BCUT2D eigenvalue weighted by atomic mass is 10.1. The predicted molar refractivity (Wildman–Crippen MR) is 128 cm³/mol. The Hall–Kier alpha value is -3.70. The van der Waals surface area contributed by atoms with Gasteiger partial charge in [-0.3, -0.25) is 14.9 Å². The number of rotatable bonds is 10. The summed E-state index contributed by atoms with van der Waals surface area (Å²) in [5.74, 6) is -1.42. The summed E-state index contributed by atoms with van der Waals surface area (Å²) in [4.78, 5) is 39.9. The fourth-order valence-electron chi connectivity index (χ4n) is 3.64. The Morgan fingerprint density at radius 1 is 1.12 bits per heavy atom. The number of nitrogens with zero attached hydrogens (tertiary/aromatic N) is 3. The van der Waals surface area contributed by atoms with Gasteiger partial charge in [-0.25, -0.2) is 4.79 Å². The van der Waals surface area contributed by atoms with Crippen molar-refractivity contribution in [1.82, 2.24) is 4.90 Å². The number of nitrogens with one attached hydrogen (secondary N) is 2. The summed E-state index contributed by atoms with van der Waals surface area (Å²) in [6.07, 6.45) is 0. The molecular weight excluding hydrogens is 442 g/mol. The van der Waals surface area contributed by atoms with Gasteiger partial charge in [0.2, 0.25) is 0 Å². The molecule has 182 valence electrons. The molecule has 0 atom stereocenters. The molecule has 0 spiro atoms. The van der Waals surface area contributed by atoms with E-state index in [1.54, 1.807) is 12.1 Å². The van der Waals surface area contributed by atoms with Crippen molar-refractivity contribution in [3.63, 3.8) is 0 Å². The molecule has 1 saturated heterocycles. The first-order valence-corrected chi connectivity index (χ1v) is 11.1. The minimum Gasteiger partial charge on any atom is -0.452 e. The molecule has 2 aromatic carbocycles. The highest BCUT2D eigenvalue weighted by molar-refractivity contribution is 5.99. The minimum atomic E-state index is -0.888. The van der Waals surface area contributed by atoms with Gasteiger partial charge in [0.25, 0.3) is 11.6 Å². The van der Waals surface area contributed by atoms with Crippen LogP contribution in [0.25, 0.3) is 0 Å². The van der Waals surface area contributed by atoms with Crippen LogP contribution in [0.15, 0.2) is 42.5 Å². The summed E-state index contributed by atoms with van der Waals surface area (Å²) in [7, 11) is 0. The van der Waals surface area contributed by atoms with E-state index in [-0.39, 0.29) is 30.1 Å². The number of nitro groups is 1. The fourth-order valence-corrected chi connectivity index (χ4v) is 3.64. The lowest BCUT2D eigenvalue weighted by Crippen LogP contribution is -2.46. The van der Waals surface area contributed by atoms with Gasteiger partial charge >= 0.3 is 5.97 Å². The second-order valence-corrected chi connectivity index (χ2v) is 7.73. The van der Waals surface area contributed by atoms with Crippen LogP contribution in [0.4, 0.5) is 22.7 Å². The van der Waals surface area contributed by atoms with Gasteiger partial charge in [0, 0.05) is 61.9 Å². The predicted octanol–water partition coefficient (Wildman–Crippen LogP) is 1.94. The van der Waals surface area contributed by atoms with Gasteiger partial charge in [-0.1, -0.05) is 6.92 Å². The summed E-state index contributed by atoms with van der Waals surface area (Å²) in [5, 5.41) is 25.5. The molecule has 11 heteroatoms. The molecule has 1 fully saturated rings. The topological polar surface area (TPSA) is 137 Å². The highest BCUT2D eigenvalue weighted by atomic mass is 16.6. The Balaban J connectivity index is 1.55. The van der Waals surface area contributed by atoms with E-state index < -0.39 is 23.4 Å². The number of likely N-dealkylation sites (N-methyl/N-ethyl adjacent to an activating group) is 1. The van der Waals surface area contributed by atoms with Gasteiger partial charge in [0.15, 0.2) is 6.61 Å². The van der Waals surface area contributed by atoms with Gasteiger partial charge < -0.3 is 30.3 Å². The third kappa shape index (κ3) is 6.65. The van der Waals surface area contributed by atoms with Crippen molar-refractivity contribution >= 4 is 34.6 Å². The number of hydrogen-bond acceptors (Lipinski definition) is 9. The van der Waals surface area contributed by atoms with E-state index in [0.29, 0.717) is 5.69 Å². The van der Waals surface area contributed by atoms with Crippen LogP contribution >= 0.6 is 0 Å². The van der Waals surface area contributed by atoms with Crippen LogP contribution in [0.2, 0.25) is 0 Å². The number of carbonyl (C=O) groups excluding carboxylic acids is 2. The summed E-state index contributed by atoms with van der Waals surface area (Å²) >= 11 is 0. The van der Waals surface area contributed by atoms with Gasteiger partial charge in [-0.15, -0.1) is 0 Å². The van der Waals surface area contributed by atoms with Crippen molar-refractivity contribution in [3.8, 4) is 0 Å². The standard InChI is InChI=1S/C23H29N5O6/c1-2-26-10-12-27(13-11-26)18-5-3-17(4-6-18)25-22(30)16-34-23(31)20-15-19(28(32)33)7-8-21(20)24-9-14-29/h3-8,15,24,29H,2,9-14,16H2,1H3,(H,25,30). The number of benzene rings is 2. The van der Waals surface area contributed by atoms with Crippen LogP contribution in [0.5, 0.6) is 0 Å². The molecule has 0 aromatic heterocycles. The van der Waals surface area contributed by atoms with Crippen LogP contribution in [0.3, 0.4) is 0 Å². The molecule has 34 heavy (non-hydrogen) atoms. The molecule has 0 radical (unpaired) electrons. The number of anilines is 3. The Labute approximate surface area is 197 Å². The number of nitro benzene ring substituents is 1. The molecule has 1 aliphatic rings. The number of esters is 1. The Bertz CT molecular complexity index is 1010. The molecule has 11 nitrogen and oxygen atoms in total. The van der Waals surface area contributed by atoms with Crippen LogP contribution in [0, 0.1) is 10.1 Å². The summed E-state index contributed by atoms with van der Waals surface area (Å²) in [6.45, 7) is 6.52. The zero-order valence-electron chi connectivity index (χ0n) is 19.0. The van der Waals surface area contributed by atoms with E-state index in [0.717, 1.165) is 44.5 Å². The molecule has 2 aromatic rings. The lowest BCUT2D eigenvalue weighted by molar-refractivity contribution is -0.384. The van der Waals surface area contributed by atoms with Crippen molar-refractivity contribution in [2.75, 3.05) is 68.0 Å². The maximum absolute atomic E-state index is 12.5. The largest absolute Gasteiger partial charge is 0.452 e. The zero-order valence-corrected chi connectivity index (χ0v) is 19.0. The second-order valence-electron chi connectivity index (χ2n) is 7.73. The van der Waals surface area contributed by atoms with Crippen LogP contribution in [0.1, 0.15) is 17.3 Å². The molecule has 3 rings (SSSR count). The summed E-state index contributed by atoms with van der Waals surface area (Å²) < 4.78 is 5.07. The van der Waals surface area contributed by atoms with Crippen molar-refractivity contribution in [1.29, 1.82) is 0 Å².